The van der Waals surface area contributed by atoms with Gasteiger partial charge >= 0.3 is 0 Å². The molecule has 0 spiro atoms. The van der Waals surface area contributed by atoms with E-state index in [2.05, 4.69) is 22.5 Å². The van der Waals surface area contributed by atoms with E-state index >= 15 is 0 Å². The Morgan fingerprint density at radius 2 is 1.96 bits per heavy atom. The summed E-state index contributed by atoms with van der Waals surface area (Å²) in [6, 6.07) is 7.70. The van der Waals surface area contributed by atoms with E-state index in [1.807, 2.05) is 24.3 Å². The topological polar surface area (TPSA) is 73.8 Å². The van der Waals surface area contributed by atoms with Crippen LogP contribution in [0.2, 0.25) is 0 Å². The first-order valence-corrected chi connectivity index (χ1v) is 10.2. The molecule has 24 heavy (non-hydrogen) atoms. The molecule has 1 aromatic carbocycles. The number of aliphatic imine (C=N–C) groups is 1. The molecule has 134 valence electrons. The molecule has 0 fully saturated rings. The van der Waals surface area contributed by atoms with Gasteiger partial charge in [0.2, 0.25) is 10.0 Å². The summed E-state index contributed by atoms with van der Waals surface area (Å²) in [6.07, 6.45) is 4.21. The van der Waals surface area contributed by atoms with Crippen LogP contribution >= 0.6 is 0 Å². The zero-order valence-corrected chi connectivity index (χ0v) is 15.4. The lowest BCUT2D eigenvalue weighted by atomic mass is 10.2. The fraction of sp³-hybridized carbons (Fsp3) is 0.588. The number of unbranched alkanes of at least 4 members (excludes halogenated alkanes) is 2. The SMILES string of the molecule is CCCCCNC(=NC)NCCS(=O)(=O)N1CCc2ccccc21. The first kappa shape index (κ1) is 18.6. The van der Waals surface area contributed by atoms with Gasteiger partial charge in [0.05, 0.1) is 11.4 Å². The minimum absolute atomic E-state index is 0.0526. The predicted octanol–water partition coefficient (Wildman–Crippen LogP) is 1.73. The number of nitrogens with zero attached hydrogens (tertiary/aromatic N) is 2. The molecule has 0 bridgehead atoms. The lowest BCUT2D eigenvalue weighted by Gasteiger charge is -2.20. The molecule has 0 saturated carbocycles. The summed E-state index contributed by atoms with van der Waals surface area (Å²) in [5.74, 6) is 0.708. The van der Waals surface area contributed by atoms with Gasteiger partial charge in [0.1, 0.15) is 0 Å². The van der Waals surface area contributed by atoms with Gasteiger partial charge in [0, 0.05) is 26.7 Å². The van der Waals surface area contributed by atoms with Crippen LogP contribution in [0.1, 0.15) is 31.7 Å². The molecular formula is C17H28N4O2S. The van der Waals surface area contributed by atoms with Crippen LogP contribution in [0.3, 0.4) is 0 Å². The molecule has 0 unspecified atom stereocenters. The van der Waals surface area contributed by atoms with Gasteiger partial charge in [-0.05, 0) is 24.5 Å². The van der Waals surface area contributed by atoms with E-state index in [9.17, 15) is 8.42 Å². The van der Waals surface area contributed by atoms with Crippen molar-refractivity contribution >= 4 is 21.7 Å². The van der Waals surface area contributed by atoms with Crippen LogP contribution in [-0.2, 0) is 16.4 Å². The van der Waals surface area contributed by atoms with E-state index in [0.29, 0.717) is 19.0 Å². The highest BCUT2D eigenvalue weighted by Crippen LogP contribution is 2.29. The highest BCUT2D eigenvalue weighted by Gasteiger charge is 2.28. The van der Waals surface area contributed by atoms with Crippen molar-refractivity contribution in [2.24, 2.45) is 4.99 Å². The third kappa shape index (κ3) is 4.87. The third-order valence-electron chi connectivity index (χ3n) is 4.13. The minimum atomic E-state index is -3.32. The van der Waals surface area contributed by atoms with Crippen LogP contribution in [-0.4, -0.2) is 46.8 Å². The zero-order valence-electron chi connectivity index (χ0n) is 14.6. The van der Waals surface area contributed by atoms with Gasteiger partial charge in [-0.2, -0.15) is 0 Å². The maximum Gasteiger partial charge on any atom is 0.236 e. The summed E-state index contributed by atoms with van der Waals surface area (Å²) in [4.78, 5) is 4.12. The first-order chi connectivity index (χ1) is 11.6. The molecule has 0 aromatic heterocycles. The number of benzene rings is 1. The highest BCUT2D eigenvalue weighted by atomic mass is 32.2. The Kier molecular flexibility index (Phi) is 6.90. The number of rotatable bonds is 8. The van der Waals surface area contributed by atoms with Gasteiger partial charge in [-0.25, -0.2) is 8.42 Å². The number of nitrogens with one attached hydrogen (secondary N) is 2. The molecule has 0 radical (unpaired) electrons. The molecule has 6 nitrogen and oxygen atoms in total. The quantitative estimate of drug-likeness (QED) is 0.425. The van der Waals surface area contributed by atoms with Crippen molar-refractivity contribution in [3.63, 3.8) is 0 Å². The van der Waals surface area contributed by atoms with Crippen molar-refractivity contribution < 1.29 is 8.42 Å². The van der Waals surface area contributed by atoms with Crippen molar-refractivity contribution in [3.05, 3.63) is 29.8 Å². The van der Waals surface area contributed by atoms with Crippen molar-refractivity contribution in [3.8, 4) is 0 Å². The lowest BCUT2D eigenvalue weighted by Crippen LogP contribution is -2.42. The molecule has 2 rings (SSSR count). The van der Waals surface area contributed by atoms with E-state index < -0.39 is 10.0 Å². The Labute approximate surface area is 145 Å². The van der Waals surface area contributed by atoms with E-state index in [1.54, 1.807) is 7.05 Å². The lowest BCUT2D eigenvalue weighted by molar-refractivity contribution is 0.590. The monoisotopic (exact) mass is 352 g/mol. The molecule has 1 heterocycles. The van der Waals surface area contributed by atoms with E-state index in [-0.39, 0.29) is 5.75 Å². The van der Waals surface area contributed by atoms with E-state index in [0.717, 1.165) is 30.6 Å². The maximum absolute atomic E-state index is 12.6. The Balaban J connectivity index is 1.83. The summed E-state index contributed by atoms with van der Waals surface area (Å²) in [5.41, 5.74) is 1.92. The number of sulfonamides is 1. The van der Waals surface area contributed by atoms with Crippen molar-refractivity contribution in [1.82, 2.24) is 10.6 Å². The summed E-state index contributed by atoms with van der Waals surface area (Å²) >= 11 is 0. The summed E-state index contributed by atoms with van der Waals surface area (Å²) in [7, 11) is -1.62. The molecule has 7 heteroatoms. The summed E-state index contributed by atoms with van der Waals surface area (Å²) in [6.45, 7) is 3.88. The third-order valence-corrected chi connectivity index (χ3v) is 5.90. The van der Waals surface area contributed by atoms with Gasteiger partial charge < -0.3 is 10.6 Å². The number of para-hydroxylation sites is 1. The van der Waals surface area contributed by atoms with Gasteiger partial charge in [0.15, 0.2) is 5.96 Å². The highest BCUT2D eigenvalue weighted by molar-refractivity contribution is 7.92. The molecule has 2 N–H and O–H groups in total. The smallest absolute Gasteiger partial charge is 0.236 e. The van der Waals surface area contributed by atoms with Crippen LogP contribution < -0.4 is 14.9 Å². The average Bonchev–Trinajstić information content (AvgIpc) is 3.02. The molecule has 1 aromatic rings. The van der Waals surface area contributed by atoms with Crippen LogP contribution in [0, 0.1) is 0 Å². The number of guanidine groups is 1. The molecular weight excluding hydrogens is 324 g/mol. The molecule has 0 saturated heterocycles. The minimum Gasteiger partial charge on any atom is -0.356 e. The number of fused-ring (bicyclic) bond motifs is 1. The van der Waals surface area contributed by atoms with Crippen LogP contribution in [0.25, 0.3) is 0 Å². The first-order valence-electron chi connectivity index (χ1n) is 8.61. The van der Waals surface area contributed by atoms with Gasteiger partial charge in [-0.15, -0.1) is 0 Å². The number of hydrogen-bond donors (Lipinski definition) is 2. The molecule has 0 atom stereocenters. The van der Waals surface area contributed by atoms with Crippen LogP contribution in [0.4, 0.5) is 5.69 Å². The Bertz CT molecular complexity index is 658. The second kappa shape index (κ2) is 8.92. The summed E-state index contributed by atoms with van der Waals surface area (Å²) < 4.78 is 26.7. The Morgan fingerprint density at radius 1 is 1.21 bits per heavy atom. The maximum atomic E-state index is 12.6. The molecule has 0 amide bonds. The fourth-order valence-corrected chi connectivity index (χ4v) is 4.24. The second-order valence-electron chi connectivity index (χ2n) is 5.90. The van der Waals surface area contributed by atoms with E-state index in [4.69, 9.17) is 0 Å². The standard InChI is InChI=1S/C17H28N4O2S/c1-3-4-7-11-19-17(18-2)20-12-14-24(22,23)21-13-10-15-8-5-6-9-16(15)21/h5-6,8-9H,3-4,7,10-14H2,1-2H3,(H2,18,19,20). The van der Waals surface area contributed by atoms with Crippen molar-refractivity contribution in [2.75, 3.05) is 36.7 Å². The Morgan fingerprint density at radius 3 is 2.71 bits per heavy atom. The van der Waals surface area contributed by atoms with Gasteiger partial charge in [-0.1, -0.05) is 38.0 Å². The number of anilines is 1. The van der Waals surface area contributed by atoms with Crippen molar-refractivity contribution in [2.45, 2.75) is 32.6 Å². The molecule has 0 aliphatic carbocycles. The van der Waals surface area contributed by atoms with Crippen molar-refractivity contribution in [1.29, 1.82) is 0 Å². The predicted molar refractivity (Wildman–Crippen MR) is 100 cm³/mol. The fourth-order valence-electron chi connectivity index (χ4n) is 2.81. The van der Waals surface area contributed by atoms with Crippen LogP contribution in [0.5, 0.6) is 0 Å². The average molecular weight is 353 g/mol. The summed E-state index contributed by atoms with van der Waals surface area (Å²) in [5, 5.41) is 6.29. The van der Waals surface area contributed by atoms with E-state index in [1.165, 1.54) is 17.1 Å². The zero-order chi connectivity index (χ0) is 17.4. The molecule has 1 aliphatic rings. The molecule has 1 aliphatic heterocycles. The van der Waals surface area contributed by atoms with Crippen LogP contribution in [0.15, 0.2) is 29.3 Å². The Hall–Kier alpha value is -1.76. The largest absolute Gasteiger partial charge is 0.356 e. The van der Waals surface area contributed by atoms with Gasteiger partial charge in [0.25, 0.3) is 0 Å². The number of hydrogen-bond acceptors (Lipinski definition) is 3. The second-order valence-corrected chi connectivity index (χ2v) is 7.91. The normalized spacial score (nSPS) is 14.6. The van der Waals surface area contributed by atoms with Gasteiger partial charge in [-0.3, -0.25) is 9.30 Å².